The number of rotatable bonds is 2. The lowest BCUT2D eigenvalue weighted by atomic mass is 10.1. The second-order valence-electron chi connectivity index (χ2n) is 5.41. The fraction of sp³-hybridized carbons (Fsp3) is 0.278. The van der Waals surface area contributed by atoms with Gasteiger partial charge in [-0.25, -0.2) is 4.79 Å². The Morgan fingerprint density at radius 3 is 1.80 bits per heavy atom. The minimum absolute atomic E-state index is 0.319. The molecule has 1 heterocycles. The number of carbonyl (C=O) groups is 1. The third-order valence-electron chi connectivity index (χ3n) is 4.20. The van der Waals surface area contributed by atoms with E-state index in [4.69, 9.17) is 0 Å². The standard InChI is InChI=1S/C18H20NO/c20-18-14-8-3-9-15-19(18,16-10-4-1-5-11-16)17-12-6-2-7-13-17/h1-2,4-7,10-13H,3,8-9,14-15H2/q+1. The van der Waals surface area contributed by atoms with Gasteiger partial charge in [0.1, 0.15) is 11.4 Å². The molecule has 1 aliphatic heterocycles. The predicted molar refractivity (Wildman–Crippen MR) is 82.7 cm³/mol. The van der Waals surface area contributed by atoms with Crippen molar-refractivity contribution in [3.05, 3.63) is 60.7 Å². The van der Waals surface area contributed by atoms with Crippen molar-refractivity contribution in [1.29, 1.82) is 0 Å². The number of carbonyl (C=O) groups excluding carboxylic acids is 1. The molecule has 0 spiro atoms. The van der Waals surface area contributed by atoms with Crippen LogP contribution in [0.25, 0.3) is 0 Å². The van der Waals surface area contributed by atoms with Crippen LogP contribution in [0.1, 0.15) is 25.7 Å². The molecule has 0 saturated carbocycles. The summed E-state index contributed by atoms with van der Waals surface area (Å²) in [7, 11) is 0. The predicted octanol–water partition coefficient (Wildman–Crippen LogP) is 4.43. The number of hydrogen-bond acceptors (Lipinski definition) is 1. The van der Waals surface area contributed by atoms with Crippen molar-refractivity contribution in [1.82, 2.24) is 4.48 Å². The van der Waals surface area contributed by atoms with Gasteiger partial charge < -0.3 is 0 Å². The van der Waals surface area contributed by atoms with Gasteiger partial charge in [-0.05, 0) is 19.3 Å². The maximum Gasteiger partial charge on any atom is 0.323 e. The molecule has 0 N–H and O–H groups in total. The number of benzene rings is 2. The SMILES string of the molecule is O=C1CCCCC[N+]1(c1ccccc1)c1ccccc1. The van der Waals surface area contributed by atoms with Crippen LogP contribution in [0, 0.1) is 0 Å². The van der Waals surface area contributed by atoms with Gasteiger partial charge in [0, 0.05) is 24.3 Å². The lowest BCUT2D eigenvalue weighted by Crippen LogP contribution is -2.49. The highest BCUT2D eigenvalue weighted by Crippen LogP contribution is 2.38. The summed E-state index contributed by atoms with van der Waals surface area (Å²) >= 11 is 0. The lowest BCUT2D eigenvalue weighted by Gasteiger charge is -2.34. The number of nitrogens with zero attached hydrogens (tertiary/aromatic N) is 1. The smallest absolute Gasteiger partial charge is 0.230 e. The van der Waals surface area contributed by atoms with Gasteiger partial charge in [-0.15, -0.1) is 0 Å². The van der Waals surface area contributed by atoms with Gasteiger partial charge in [0.15, 0.2) is 0 Å². The first-order valence-corrected chi connectivity index (χ1v) is 7.37. The van der Waals surface area contributed by atoms with Crippen molar-refractivity contribution >= 4 is 17.3 Å². The van der Waals surface area contributed by atoms with Crippen molar-refractivity contribution in [3.8, 4) is 0 Å². The van der Waals surface area contributed by atoms with E-state index in [-0.39, 0.29) is 0 Å². The molecule has 0 aromatic heterocycles. The fourth-order valence-electron chi connectivity index (χ4n) is 3.18. The quantitative estimate of drug-likeness (QED) is 0.735. The van der Waals surface area contributed by atoms with Gasteiger partial charge >= 0.3 is 5.91 Å². The first kappa shape index (κ1) is 13.1. The molecule has 20 heavy (non-hydrogen) atoms. The van der Waals surface area contributed by atoms with Gasteiger partial charge in [-0.1, -0.05) is 36.4 Å². The van der Waals surface area contributed by atoms with E-state index in [9.17, 15) is 4.79 Å². The van der Waals surface area contributed by atoms with E-state index in [1.54, 1.807) is 0 Å². The van der Waals surface area contributed by atoms with Gasteiger partial charge in [-0.3, -0.25) is 0 Å². The molecule has 2 aromatic rings. The molecule has 0 unspecified atom stereocenters. The maximum absolute atomic E-state index is 12.9. The van der Waals surface area contributed by atoms with E-state index in [0.29, 0.717) is 16.8 Å². The molecule has 1 fully saturated rings. The Morgan fingerprint density at radius 2 is 1.25 bits per heavy atom. The van der Waals surface area contributed by atoms with E-state index < -0.39 is 0 Å². The van der Waals surface area contributed by atoms with Crippen molar-refractivity contribution in [2.75, 3.05) is 6.54 Å². The molecular weight excluding hydrogens is 246 g/mol. The Kier molecular flexibility index (Phi) is 3.66. The average molecular weight is 266 g/mol. The summed E-state index contributed by atoms with van der Waals surface area (Å²) in [4.78, 5) is 12.9. The normalized spacial score (nSPS) is 18.5. The van der Waals surface area contributed by atoms with Crippen molar-refractivity contribution in [2.24, 2.45) is 0 Å². The van der Waals surface area contributed by atoms with E-state index in [2.05, 4.69) is 24.3 Å². The number of hydrogen-bond donors (Lipinski definition) is 0. The van der Waals surface area contributed by atoms with Gasteiger partial charge in [0.05, 0.1) is 13.0 Å². The number of para-hydroxylation sites is 2. The lowest BCUT2D eigenvalue weighted by molar-refractivity contribution is -0.127. The second-order valence-corrected chi connectivity index (χ2v) is 5.41. The van der Waals surface area contributed by atoms with Crippen LogP contribution in [0.4, 0.5) is 11.4 Å². The maximum atomic E-state index is 12.9. The number of quaternary nitrogens is 1. The highest BCUT2D eigenvalue weighted by atomic mass is 16.2. The van der Waals surface area contributed by atoms with Crippen LogP contribution in [-0.4, -0.2) is 12.5 Å². The van der Waals surface area contributed by atoms with Crippen LogP contribution < -0.4 is 4.48 Å². The molecule has 1 amide bonds. The average Bonchev–Trinajstić information content (AvgIpc) is 2.72. The molecule has 1 aliphatic rings. The molecular formula is C18H20NO+. The Hall–Kier alpha value is -1.93. The van der Waals surface area contributed by atoms with Crippen LogP contribution in [0.15, 0.2) is 60.7 Å². The summed E-state index contributed by atoms with van der Waals surface area (Å²) in [5.74, 6) is 0.319. The summed E-state index contributed by atoms with van der Waals surface area (Å²) in [5.41, 5.74) is 2.18. The van der Waals surface area contributed by atoms with Gasteiger partial charge in [0.2, 0.25) is 0 Å². The van der Waals surface area contributed by atoms with Crippen LogP contribution in [0.3, 0.4) is 0 Å². The summed E-state index contributed by atoms with van der Waals surface area (Å²) in [6.45, 7) is 0.868. The molecule has 3 rings (SSSR count). The van der Waals surface area contributed by atoms with E-state index in [1.807, 2.05) is 36.4 Å². The zero-order chi connectivity index (χ0) is 13.8. The Bertz CT molecular complexity index is 537. The molecule has 102 valence electrons. The van der Waals surface area contributed by atoms with Crippen LogP contribution >= 0.6 is 0 Å². The molecule has 0 atom stereocenters. The highest BCUT2D eigenvalue weighted by molar-refractivity contribution is 5.95. The largest absolute Gasteiger partial charge is 0.323 e. The summed E-state index contributed by atoms with van der Waals surface area (Å²) in [6.07, 6.45) is 3.92. The third kappa shape index (κ3) is 2.16. The second kappa shape index (κ2) is 5.59. The van der Waals surface area contributed by atoms with Crippen molar-refractivity contribution in [3.63, 3.8) is 0 Å². The molecule has 1 saturated heterocycles. The summed E-state index contributed by atoms with van der Waals surface area (Å²) < 4.78 is 0.377. The minimum Gasteiger partial charge on any atom is -0.230 e. The first-order chi connectivity index (χ1) is 9.84. The Labute approximate surface area is 120 Å². The van der Waals surface area contributed by atoms with Crippen LogP contribution in [-0.2, 0) is 4.79 Å². The van der Waals surface area contributed by atoms with Gasteiger partial charge in [-0.2, -0.15) is 4.48 Å². The summed E-state index contributed by atoms with van der Waals surface area (Å²) in [6, 6.07) is 20.4. The van der Waals surface area contributed by atoms with E-state index in [0.717, 1.165) is 37.2 Å². The summed E-state index contributed by atoms with van der Waals surface area (Å²) in [5, 5.41) is 0. The van der Waals surface area contributed by atoms with Crippen molar-refractivity contribution in [2.45, 2.75) is 25.7 Å². The molecule has 2 heteroatoms. The molecule has 2 aromatic carbocycles. The van der Waals surface area contributed by atoms with E-state index in [1.165, 1.54) is 0 Å². The third-order valence-corrected chi connectivity index (χ3v) is 4.20. The molecule has 0 bridgehead atoms. The minimum atomic E-state index is 0.319. The Balaban J connectivity index is 2.19. The van der Waals surface area contributed by atoms with Crippen LogP contribution in [0.5, 0.6) is 0 Å². The number of amides is 1. The molecule has 0 aliphatic carbocycles. The monoisotopic (exact) mass is 266 g/mol. The fourth-order valence-corrected chi connectivity index (χ4v) is 3.18. The van der Waals surface area contributed by atoms with Crippen molar-refractivity contribution < 1.29 is 4.79 Å². The van der Waals surface area contributed by atoms with Crippen LogP contribution in [0.2, 0.25) is 0 Å². The first-order valence-electron chi connectivity index (χ1n) is 7.37. The molecule has 0 radical (unpaired) electrons. The topological polar surface area (TPSA) is 17.1 Å². The van der Waals surface area contributed by atoms with E-state index >= 15 is 0 Å². The Morgan fingerprint density at radius 1 is 0.700 bits per heavy atom. The zero-order valence-corrected chi connectivity index (χ0v) is 11.7. The zero-order valence-electron chi connectivity index (χ0n) is 11.7. The van der Waals surface area contributed by atoms with Gasteiger partial charge in [0.25, 0.3) is 0 Å². The highest BCUT2D eigenvalue weighted by Gasteiger charge is 2.41. The molecule has 2 nitrogen and oxygen atoms in total.